The maximum atomic E-state index is 12.4. The van der Waals surface area contributed by atoms with E-state index < -0.39 is 23.6 Å². The number of alkyl halides is 2. The Kier molecular flexibility index (Phi) is 3.93. The van der Waals surface area contributed by atoms with Gasteiger partial charge in [-0.05, 0) is 6.07 Å². The maximum Gasteiger partial charge on any atom is 0.310 e. The third-order valence-electron chi connectivity index (χ3n) is 2.05. The fourth-order valence-electron chi connectivity index (χ4n) is 1.21. The van der Waals surface area contributed by atoms with Gasteiger partial charge in [0.05, 0.1) is 19.1 Å². The first kappa shape index (κ1) is 12.8. The normalized spacial score (nSPS) is 10.1. The van der Waals surface area contributed by atoms with E-state index in [1.54, 1.807) is 0 Å². The zero-order valence-electron chi connectivity index (χ0n) is 8.79. The Bertz CT molecular complexity index is 531. The van der Waals surface area contributed by atoms with Crippen LogP contribution in [0.4, 0.5) is 8.78 Å². The van der Waals surface area contributed by atoms with Crippen molar-refractivity contribution in [2.75, 3.05) is 7.11 Å². The molecule has 1 aromatic heterocycles. The number of aromatic nitrogens is 1. The minimum atomic E-state index is -2.95. The second-order valence-corrected chi connectivity index (χ2v) is 3.12. The average Bonchev–Trinajstić information content (AvgIpc) is 2.30. The SMILES string of the molecule is COC(=O)Cc1cc(C#N)c(C(F)F)[nH]c1=O. The number of rotatable bonds is 3. The molecule has 0 aliphatic heterocycles. The van der Waals surface area contributed by atoms with Crippen LogP contribution < -0.4 is 5.56 Å². The van der Waals surface area contributed by atoms with Gasteiger partial charge in [0.2, 0.25) is 0 Å². The number of methoxy groups -OCH3 is 1. The van der Waals surface area contributed by atoms with E-state index in [1.807, 2.05) is 4.98 Å². The van der Waals surface area contributed by atoms with Crippen LogP contribution in [-0.2, 0) is 16.0 Å². The molecule has 5 nitrogen and oxygen atoms in total. The molecular formula is C10H8F2N2O3. The number of hydrogen-bond acceptors (Lipinski definition) is 4. The van der Waals surface area contributed by atoms with Crippen LogP contribution in [-0.4, -0.2) is 18.1 Å². The number of nitrogens with one attached hydrogen (secondary N) is 1. The molecule has 0 bridgehead atoms. The van der Waals surface area contributed by atoms with E-state index in [4.69, 9.17) is 5.26 Å². The summed E-state index contributed by atoms with van der Waals surface area (Å²) < 4.78 is 29.2. The van der Waals surface area contributed by atoms with E-state index in [-0.39, 0.29) is 17.5 Å². The van der Waals surface area contributed by atoms with Crippen molar-refractivity contribution in [3.8, 4) is 6.07 Å². The molecule has 0 spiro atoms. The van der Waals surface area contributed by atoms with Gasteiger partial charge in [-0.15, -0.1) is 0 Å². The highest BCUT2D eigenvalue weighted by atomic mass is 19.3. The fraction of sp³-hybridized carbons (Fsp3) is 0.300. The van der Waals surface area contributed by atoms with Crippen LogP contribution in [0.15, 0.2) is 10.9 Å². The first-order valence-electron chi connectivity index (χ1n) is 4.50. The fourth-order valence-corrected chi connectivity index (χ4v) is 1.21. The van der Waals surface area contributed by atoms with Crippen molar-refractivity contribution in [3.05, 3.63) is 33.2 Å². The number of H-pyrrole nitrogens is 1. The van der Waals surface area contributed by atoms with E-state index in [1.165, 1.54) is 6.07 Å². The van der Waals surface area contributed by atoms with Gasteiger partial charge in [-0.25, -0.2) is 8.78 Å². The summed E-state index contributed by atoms with van der Waals surface area (Å²) in [6.45, 7) is 0. The molecule has 0 aliphatic rings. The quantitative estimate of drug-likeness (QED) is 0.798. The summed E-state index contributed by atoms with van der Waals surface area (Å²) in [5.41, 5.74) is -2.02. The van der Waals surface area contributed by atoms with Crippen molar-refractivity contribution in [3.63, 3.8) is 0 Å². The lowest BCUT2D eigenvalue weighted by atomic mass is 10.1. The Morgan fingerprint density at radius 3 is 2.76 bits per heavy atom. The average molecular weight is 242 g/mol. The third kappa shape index (κ3) is 2.87. The third-order valence-corrected chi connectivity index (χ3v) is 2.05. The van der Waals surface area contributed by atoms with Crippen LogP contribution in [0.25, 0.3) is 0 Å². The van der Waals surface area contributed by atoms with Gasteiger partial charge in [-0.3, -0.25) is 9.59 Å². The molecule has 90 valence electrons. The molecule has 0 radical (unpaired) electrons. The summed E-state index contributed by atoms with van der Waals surface area (Å²) in [5, 5.41) is 8.65. The number of ether oxygens (including phenoxy) is 1. The Morgan fingerprint density at radius 1 is 1.65 bits per heavy atom. The van der Waals surface area contributed by atoms with E-state index >= 15 is 0 Å². The Hall–Kier alpha value is -2.23. The Labute approximate surface area is 94.6 Å². The van der Waals surface area contributed by atoms with Crippen molar-refractivity contribution in [2.45, 2.75) is 12.8 Å². The van der Waals surface area contributed by atoms with Crippen LogP contribution in [0.2, 0.25) is 0 Å². The van der Waals surface area contributed by atoms with Crippen LogP contribution in [0.1, 0.15) is 23.2 Å². The standard InChI is InChI=1S/C10H8F2N2O3/c1-17-7(15)3-5-2-6(4-13)8(9(11)12)14-10(5)16/h2,9H,3H2,1H3,(H,14,16). The number of carbonyl (C=O) groups excluding carboxylic acids is 1. The van der Waals surface area contributed by atoms with E-state index in [2.05, 4.69) is 4.74 Å². The molecule has 1 heterocycles. The van der Waals surface area contributed by atoms with Gasteiger partial charge in [-0.2, -0.15) is 5.26 Å². The first-order valence-corrected chi connectivity index (χ1v) is 4.50. The molecular weight excluding hydrogens is 234 g/mol. The molecule has 0 amide bonds. The summed E-state index contributed by atoms with van der Waals surface area (Å²) in [6.07, 6.45) is -3.33. The molecule has 17 heavy (non-hydrogen) atoms. The Balaban J connectivity index is 3.24. The molecule has 1 N–H and O–H groups in total. The summed E-state index contributed by atoms with van der Waals surface area (Å²) in [6, 6.07) is 2.50. The molecule has 1 rings (SSSR count). The van der Waals surface area contributed by atoms with Gasteiger partial charge in [0.1, 0.15) is 11.8 Å². The number of nitrogens with zero attached hydrogens (tertiary/aromatic N) is 1. The number of pyridine rings is 1. The molecule has 7 heteroatoms. The van der Waals surface area contributed by atoms with Gasteiger partial charge >= 0.3 is 5.97 Å². The number of nitriles is 1. The van der Waals surface area contributed by atoms with E-state index in [0.29, 0.717) is 0 Å². The number of carbonyl (C=O) groups is 1. The highest BCUT2D eigenvalue weighted by Crippen LogP contribution is 2.19. The highest BCUT2D eigenvalue weighted by Gasteiger charge is 2.17. The minimum Gasteiger partial charge on any atom is -0.469 e. The predicted molar refractivity (Wildman–Crippen MR) is 52.5 cm³/mol. The number of halogens is 2. The maximum absolute atomic E-state index is 12.4. The zero-order valence-corrected chi connectivity index (χ0v) is 8.79. The molecule has 0 aromatic carbocycles. The first-order chi connectivity index (χ1) is 7.99. The molecule has 0 aliphatic carbocycles. The van der Waals surface area contributed by atoms with Gasteiger partial charge in [0, 0.05) is 5.56 Å². The van der Waals surface area contributed by atoms with Crippen LogP contribution in [0.5, 0.6) is 0 Å². The number of esters is 1. The zero-order chi connectivity index (χ0) is 13.0. The van der Waals surface area contributed by atoms with Crippen molar-refractivity contribution in [1.82, 2.24) is 4.98 Å². The van der Waals surface area contributed by atoms with Gasteiger partial charge < -0.3 is 9.72 Å². The van der Waals surface area contributed by atoms with Gasteiger partial charge in [0.15, 0.2) is 0 Å². The monoisotopic (exact) mass is 242 g/mol. The van der Waals surface area contributed by atoms with Gasteiger partial charge in [0.25, 0.3) is 12.0 Å². The second kappa shape index (κ2) is 5.21. The Morgan fingerprint density at radius 2 is 2.29 bits per heavy atom. The van der Waals surface area contributed by atoms with Crippen LogP contribution in [0, 0.1) is 11.3 Å². The van der Waals surface area contributed by atoms with Crippen LogP contribution >= 0.6 is 0 Å². The van der Waals surface area contributed by atoms with Crippen molar-refractivity contribution < 1.29 is 18.3 Å². The number of hydrogen-bond donors (Lipinski definition) is 1. The lowest BCUT2D eigenvalue weighted by Crippen LogP contribution is -2.20. The van der Waals surface area contributed by atoms with Crippen molar-refractivity contribution in [1.29, 1.82) is 5.26 Å². The number of aromatic amines is 1. The molecule has 1 aromatic rings. The predicted octanol–water partition coefficient (Wildman–Crippen LogP) is 0.900. The van der Waals surface area contributed by atoms with Crippen LogP contribution in [0.3, 0.4) is 0 Å². The molecule has 0 saturated carbocycles. The molecule has 0 saturated heterocycles. The van der Waals surface area contributed by atoms with Crippen molar-refractivity contribution >= 4 is 5.97 Å². The van der Waals surface area contributed by atoms with Crippen molar-refractivity contribution in [2.24, 2.45) is 0 Å². The van der Waals surface area contributed by atoms with E-state index in [9.17, 15) is 18.4 Å². The molecule has 0 fully saturated rings. The summed E-state index contributed by atoms with van der Waals surface area (Å²) in [5.74, 6) is -0.691. The summed E-state index contributed by atoms with van der Waals surface area (Å²) >= 11 is 0. The molecule has 0 unspecified atom stereocenters. The molecule has 0 atom stereocenters. The topological polar surface area (TPSA) is 82.9 Å². The second-order valence-electron chi connectivity index (χ2n) is 3.12. The highest BCUT2D eigenvalue weighted by molar-refractivity contribution is 5.72. The largest absolute Gasteiger partial charge is 0.469 e. The summed E-state index contributed by atoms with van der Waals surface area (Å²) in [4.78, 5) is 24.2. The lowest BCUT2D eigenvalue weighted by molar-refractivity contribution is -0.139. The van der Waals surface area contributed by atoms with Gasteiger partial charge in [-0.1, -0.05) is 0 Å². The lowest BCUT2D eigenvalue weighted by Gasteiger charge is -2.05. The minimum absolute atomic E-state index is 0.0854. The smallest absolute Gasteiger partial charge is 0.310 e. The van der Waals surface area contributed by atoms with E-state index in [0.717, 1.165) is 13.2 Å². The summed E-state index contributed by atoms with van der Waals surface area (Å²) in [7, 11) is 1.13.